The molecule has 5 heteroatoms. The van der Waals surface area contributed by atoms with Crippen LogP contribution in [0.3, 0.4) is 0 Å². The van der Waals surface area contributed by atoms with Gasteiger partial charge in [0.15, 0.2) is 11.5 Å². The van der Waals surface area contributed by atoms with Crippen molar-refractivity contribution in [2.24, 2.45) is 5.84 Å². The quantitative estimate of drug-likeness (QED) is 0.450. The van der Waals surface area contributed by atoms with E-state index in [9.17, 15) is 0 Å². The average Bonchev–Trinajstić information content (AvgIpc) is 2.42. The van der Waals surface area contributed by atoms with Crippen molar-refractivity contribution in [2.45, 2.75) is 19.4 Å². The molecule has 0 radical (unpaired) electrons. The van der Waals surface area contributed by atoms with E-state index in [1.54, 1.807) is 21.3 Å². The van der Waals surface area contributed by atoms with Crippen LogP contribution in [0, 0.1) is 0 Å². The SMILES string of the molecule is C=C(C)CC(NN)c1cc(OC)c(OC)c(OC)c1. The third-order valence-electron chi connectivity index (χ3n) is 2.84. The zero-order valence-electron chi connectivity index (χ0n) is 11.9. The summed E-state index contributed by atoms with van der Waals surface area (Å²) in [5.41, 5.74) is 4.77. The highest BCUT2D eigenvalue weighted by Crippen LogP contribution is 2.40. The van der Waals surface area contributed by atoms with Crippen LogP contribution in [0.1, 0.15) is 24.9 Å². The van der Waals surface area contributed by atoms with Crippen LogP contribution in [0.2, 0.25) is 0 Å². The predicted octanol–water partition coefficient (Wildman–Crippen LogP) is 2.18. The number of hydrogen-bond acceptors (Lipinski definition) is 5. The van der Waals surface area contributed by atoms with Crippen molar-refractivity contribution >= 4 is 0 Å². The first-order valence-electron chi connectivity index (χ1n) is 5.97. The van der Waals surface area contributed by atoms with Crippen LogP contribution in [-0.4, -0.2) is 21.3 Å². The molecule has 0 aromatic heterocycles. The number of nitrogens with one attached hydrogen (secondary N) is 1. The lowest BCUT2D eigenvalue weighted by Gasteiger charge is -2.20. The fraction of sp³-hybridized carbons (Fsp3) is 0.429. The molecule has 0 fully saturated rings. The van der Waals surface area contributed by atoms with Crippen molar-refractivity contribution in [1.29, 1.82) is 0 Å². The summed E-state index contributed by atoms with van der Waals surface area (Å²) in [5.74, 6) is 7.39. The highest BCUT2D eigenvalue weighted by molar-refractivity contribution is 5.54. The number of methoxy groups -OCH3 is 3. The lowest BCUT2D eigenvalue weighted by Crippen LogP contribution is -2.28. The Morgan fingerprint density at radius 2 is 1.74 bits per heavy atom. The van der Waals surface area contributed by atoms with E-state index < -0.39 is 0 Å². The molecule has 1 unspecified atom stereocenters. The topological polar surface area (TPSA) is 65.7 Å². The minimum Gasteiger partial charge on any atom is -0.493 e. The molecule has 5 nitrogen and oxygen atoms in total. The van der Waals surface area contributed by atoms with Crippen LogP contribution in [0.15, 0.2) is 24.3 Å². The normalized spacial score (nSPS) is 11.8. The number of hydrogen-bond donors (Lipinski definition) is 2. The molecule has 0 bridgehead atoms. The third kappa shape index (κ3) is 3.62. The minimum atomic E-state index is -0.0498. The molecule has 0 heterocycles. The van der Waals surface area contributed by atoms with Gasteiger partial charge in [-0.25, -0.2) is 0 Å². The van der Waals surface area contributed by atoms with Crippen molar-refractivity contribution in [3.8, 4) is 17.2 Å². The van der Waals surface area contributed by atoms with Crippen molar-refractivity contribution in [2.75, 3.05) is 21.3 Å². The van der Waals surface area contributed by atoms with Gasteiger partial charge >= 0.3 is 0 Å². The van der Waals surface area contributed by atoms with Crippen molar-refractivity contribution in [3.63, 3.8) is 0 Å². The molecule has 0 aliphatic rings. The molecule has 19 heavy (non-hydrogen) atoms. The smallest absolute Gasteiger partial charge is 0.203 e. The number of benzene rings is 1. The Kier molecular flexibility index (Phi) is 5.66. The molecular formula is C14H22N2O3. The molecule has 1 rings (SSSR count). The highest BCUT2D eigenvalue weighted by Gasteiger charge is 2.18. The maximum absolute atomic E-state index is 5.60. The summed E-state index contributed by atoms with van der Waals surface area (Å²) in [7, 11) is 4.75. The van der Waals surface area contributed by atoms with E-state index in [-0.39, 0.29) is 6.04 Å². The second kappa shape index (κ2) is 7.01. The van der Waals surface area contributed by atoms with Gasteiger partial charge in [0.05, 0.1) is 21.3 Å². The fourth-order valence-corrected chi connectivity index (χ4v) is 1.92. The van der Waals surface area contributed by atoms with Crippen molar-refractivity contribution < 1.29 is 14.2 Å². The van der Waals surface area contributed by atoms with Gasteiger partial charge < -0.3 is 14.2 Å². The lowest BCUT2D eigenvalue weighted by atomic mass is 10.00. The van der Waals surface area contributed by atoms with Crippen LogP contribution >= 0.6 is 0 Å². The van der Waals surface area contributed by atoms with Gasteiger partial charge in [0.25, 0.3) is 0 Å². The van der Waals surface area contributed by atoms with Crippen LogP contribution in [-0.2, 0) is 0 Å². The summed E-state index contributed by atoms with van der Waals surface area (Å²) in [6, 6.07) is 3.72. The van der Waals surface area contributed by atoms with E-state index >= 15 is 0 Å². The van der Waals surface area contributed by atoms with Crippen LogP contribution in [0.25, 0.3) is 0 Å². The largest absolute Gasteiger partial charge is 0.493 e. The van der Waals surface area contributed by atoms with E-state index in [4.69, 9.17) is 20.1 Å². The maximum Gasteiger partial charge on any atom is 0.203 e. The Labute approximate surface area is 114 Å². The summed E-state index contributed by atoms with van der Waals surface area (Å²) in [6.07, 6.45) is 0.731. The molecule has 1 atom stereocenters. The first-order valence-corrected chi connectivity index (χ1v) is 5.97. The molecule has 0 aliphatic carbocycles. The van der Waals surface area contributed by atoms with E-state index in [1.807, 2.05) is 19.1 Å². The molecule has 0 spiro atoms. The molecule has 1 aromatic rings. The number of ether oxygens (including phenoxy) is 3. The molecule has 0 saturated heterocycles. The number of rotatable bonds is 7. The summed E-state index contributed by atoms with van der Waals surface area (Å²) < 4.78 is 15.9. The monoisotopic (exact) mass is 266 g/mol. The minimum absolute atomic E-state index is 0.0498. The van der Waals surface area contributed by atoms with E-state index in [0.29, 0.717) is 17.2 Å². The molecular weight excluding hydrogens is 244 g/mol. The van der Waals surface area contributed by atoms with Gasteiger partial charge in [0.2, 0.25) is 5.75 Å². The van der Waals surface area contributed by atoms with Crippen molar-refractivity contribution in [1.82, 2.24) is 5.43 Å². The van der Waals surface area contributed by atoms with Crippen LogP contribution in [0.4, 0.5) is 0 Å². The van der Waals surface area contributed by atoms with Crippen LogP contribution < -0.4 is 25.5 Å². The van der Waals surface area contributed by atoms with Crippen LogP contribution in [0.5, 0.6) is 17.2 Å². The van der Waals surface area contributed by atoms with Gasteiger partial charge in [-0.3, -0.25) is 11.3 Å². The van der Waals surface area contributed by atoms with Crippen molar-refractivity contribution in [3.05, 3.63) is 29.8 Å². The molecule has 106 valence electrons. The zero-order chi connectivity index (χ0) is 14.4. The van der Waals surface area contributed by atoms with Gasteiger partial charge in [-0.1, -0.05) is 5.57 Å². The third-order valence-corrected chi connectivity index (χ3v) is 2.84. The Hall–Kier alpha value is -1.72. The molecule has 0 saturated carbocycles. The van der Waals surface area contributed by atoms with Gasteiger partial charge in [0.1, 0.15) is 0 Å². The van der Waals surface area contributed by atoms with E-state index in [2.05, 4.69) is 12.0 Å². The number of nitrogens with two attached hydrogens (primary N) is 1. The molecule has 3 N–H and O–H groups in total. The summed E-state index contributed by atoms with van der Waals surface area (Å²) in [5, 5.41) is 0. The van der Waals surface area contributed by atoms with Gasteiger partial charge in [-0.15, -0.1) is 6.58 Å². The van der Waals surface area contributed by atoms with Gasteiger partial charge in [0, 0.05) is 6.04 Å². The fourth-order valence-electron chi connectivity index (χ4n) is 1.92. The Bertz CT molecular complexity index is 421. The average molecular weight is 266 g/mol. The summed E-state index contributed by atoms with van der Waals surface area (Å²) in [6.45, 7) is 5.87. The van der Waals surface area contributed by atoms with Gasteiger partial charge in [-0.2, -0.15) is 0 Å². The lowest BCUT2D eigenvalue weighted by molar-refractivity contribution is 0.323. The Morgan fingerprint density at radius 1 is 1.21 bits per heavy atom. The first kappa shape index (κ1) is 15.3. The second-order valence-corrected chi connectivity index (χ2v) is 4.34. The molecule has 0 amide bonds. The summed E-state index contributed by atoms with van der Waals surface area (Å²) >= 11 is 0. The Balaban J connectivity index is 3.24. The Morgan fingerprint density at radius 3 is 2.05 bits per heavy atom. The predicted molar refractivity (Wildman–Crippen MR) is 75.6 cm³/mol. The molecule has 1 aromatic carbocycles. The van der Waals surface area contributed by atoms with E-state index in [1.165, 1.54) is 0 Å². The summed E-state index contributed by atoms with van der Waals surface area (Å²) in [4.78, 5) is 0. The maximum atomic E-state index is 5.60. The standard InChI is InChI=1S/C14H22N2O3/c1-9(2)6-11(16-15)10-7-12(17-3)14(19-5)13(8-10)18-4/h7-8,11,16H,1,6,15H2,2-5H3. The first-order chi connectivity index (χ1) is 9.07. The van der Waals surface area contributed by atoms with E-state index in [0.717, 1.165) is 17.6 Å². The number of hydrazine groups is 1. The zero-order valence-corrected chi connectivity index (χ0v) is 11.9. The van der Waals surface area contributed by atoms with Gasteiger partial charge in [-0.05, 0) is 31.0 Å². The highest BCUT2D eigenvalue weighted by atomic mass is 16.5. The molecule has 0 aliphatic heterocycles. The second-order valence-electron chi connectivity index (χ2n) is 4.34.